The van der Waals surface area contributed by atoms with Gasteiger partial charge in [0.15, 0.2) is 0 Å². The van der Waals surface area contributed by atoms with Crippen molar-refractivity contribution in [3.05, 3.63) is 12.7 Å². The predicted octanol–water partition coefficient (Wildman–Crippen LogP) is 2.06. The number of hydrogen-bond donors (Lipinski definition) is 0. The van der Waals surface area contributed by atoms with E-state index in [2.05, 4.69) is 30.9 Å². The Morgan fingerprint density at radius 3 is 1.91 bits per heavy atom. The molecule has 64 valence electrons. The molecule has 3 nitrogen and oxygen atoms in total. The van der Waals surface area contributed by atoms with Crippen molar-refractivity contribution < 1.29 is 0 Å². The molecule has 0 fully saturated rings. The van der Waals surface area contributed by atoms with Crippen LogP contribution >= 0.6 is 0 Å². The molecule has 0 amide bonds. The van der Waals surface area contributed by atoms with Gasteiger partial charge >= 0.3 is 0 Å². The Hall–Kier alpha value is -0.860. The molecular weight excluding hydrogens is 138 g/mol. The Labute approximate surface area is 68.5 Å². The summed E-state index contributed by atoms with van der Waals surface area (Å²) < 4.78 is 1.83. The molecule has 11 heavy (non-hydrogen) atoms. The van der Waals surface area contributed by atoms with E-state index in [-0.39, 0.29) is 5.54 Å². The van der Waals surface area contributed by atoms with Crippen molar-refractivity contribution in [3.8, 4) is 0 Å². The molecule has 1 aromatic heterocycles. The van der Waals surface area contributed by atoms with Crippen LogP contribution in [0.4, 0.5) is 0 Å². The van der Waals surface area contributed by atoms with E-state index in [1.165, 1.54) is 0 Å². The molecule has 0 atom stereocenters. The van der Waals surface area contributed by atoms with Gasteiger partial charge in [0.05, 0.1) is 5.54 Å². The molecule has 1 aromatic rings. The first-order valence-electron chi connectivity index (χ1n) is 3.96. The molecule has 0 radical (unpaired) electrons. The summed E-state index contributed by atoms with van der Waals surface area (Å²) in [5, 5.41) is 3.99. The van der Waals surface area contributed by atoms with Gasteiger partial charge in [-0.1, -0.05) is 13.8 Å². The van der Waals surface area contributed by atoms with Crippen molar-refractivity contribution in [3.63, 3.8) is 0 Å². The van der Waals surface area contributed by atoms with Gasteiger partial charge in [-0.3, -0.25) is 0 Å². The number of aromatic nitrogens is 3. The molecule has 0 aromatic carbocycles. The van der Waals surface area contributed by atoms with Gasteiger partial charge in [0.2, 0.25) is 0 Å². The highest BCUT2D eigenvalue weighted by Crippen LogP contribution is 2.08. The zero-order chi connectivity index (χ0) is 8.91. The SMILES string of the molecule is CC.CC(C)(C)n1cncn1. The van der Waals surface area contributed by atoms with Crippen molar-refractivity contribution in [2.75, 3.05) is 0 Å². The van der Waals surface area contributed by atoms with E-state index in [0.29, 0.717) is 0 Å². The lowest BCUT2D eigenvalue weighted by atomic mass is 10.1. The minimum absolute atomic E-state index is 0.0660. The minimum atomic E-state index is 0.0660. The summed E-state index contributed by atoms with van der Waals surface area (Å²) in [6.45, 7) is 10.3. The summed E-state index contributed by atoms with van der Waals surface area (Å²) in [4.78, 5) is 3.84. The minimum Gasteiger partial charge on any atom is -0.248 e. The molecule has 0 aliphatic rings. The fourth-order valence-corrected chi connectivity index (χ4v) is 0.555. The fraction of sp³-hybridized carbons (Fsp3) is 0.750. The summed E-state index contributed by atoms with van der Waals surface area (Å²) in [6, 6.07) is 0. The molecule has 1 heterocycles. The molecule has 0 aliphatic carbocycles. The summed E-state index contributed by atoms with van der Waals surface area (Å²) in [6.07, 6.45) is 3.27. The Bertz CT molecular complexity index is 172. The summed E-state index contributed by atoms with van der Waals surface area (Å²) in [5.74, 6) is 0. The molecule has 1 rings (SSSR count). The highest BCUT2D eigenvalue weighted by Gasteiger charge is 2.11. The van der Waals surface area contributed by atoms with Crippen LogP contribution in [0.1, 0.15) is 34.6 Å². The Morgan fingerprint density at radius 2 is 1.73 bits per heavy atom. The maximum absolute atomic E-state index is 3.99. The molecule has 0 saturated carbocycles. The summed E-state index contributed by atoms with van der Waals surface area (Å²) in [5.41, 5.74) is 0.0660. The van der Waals surface area contributed by atoms with Gasteiger partial charge in [-0.25, -0.2) is 9.67 Å². The molecule has 0 bridgehead atoms. The zero-order valence-corrected chi connectivity index (χ0v) is 8.00. The van der Waals surface area contributed by atoms with Crippen molar-refractivity contribution in [1.82, 2.24) is 14.8 Å². The van der Waals surface area contributed by atoms with Gasteiger partial charge in [-0.05, 0) is 20.8 Å². The first kappa shape index (κ1) is 10.1. The first-order valence-corrected chi connectivity index (χ1v) is 3.96. The van der Waals surface area contributed by atoms with Gasteiger partial charge in [0.1, 0.15) is 12.7 Å². The molecule has 3 heteroatoms. The molecule has 0 aliphatic heterocycles. The third-order valence-corrected chi connectivity index (χ3v) is 1.11. The lowest BCUT2D eigenvalue weighted by Gasteiger charge is -2.17. The predicted molar refractivity (Wildman–Crippen MR) is 46.4 cm³/mol. The highest BCUT2D eigenvalue weighted by molar-refractivity contribution is 4.70. The Kier molecular flexibility index (Phi) is 3.79. The van der Waals surface area contributed by atoms with Crippen LogP contribution in [-0.2, 0) is 5.54 Å². The molecule has 0 spiro atoms. The average molecular weight is 155 g/mol. The maximum Gasteiger partial charge on any atom is 0.137 e. The van der Waals surface area contributed by atoms with E-state index in [4.69, 9.17) is 0 Å². The fourth-order valence-electron chi connectivity index (χ4n) is 0.555. The quantitative estimate of drug-likeness (QED) is 0.574. The largest absolute Gasteiger partial charge is 0.248 e. The van der Waals surface area contributed by atoms with Gasteiger partial charge in [0, 0.05) is 0 Å². The van der Waals surface area contributed by atoms with E-state index < -0.39 is 0 Å². The van der Waals surface area contributed by atoms with E-state index in [0.717, 1.165) is 0 Å². The molecule has 0 N–H and O–H groups in total. The van der Waals surface area contributed by atoms with E-state index >= 15 is 0 Å². The van der Waals surface area contributed by atoms with Crippen LogP contribution in [0.2, 0.25) is 0 Å². The lowest BCUT2D eigenvalue weighted by Crippen LogP contribution is -2.21. The average Bonchev–Trinajstić information content (AvgIpc) is 2.40. The second-order valence-corrected chi connectivity index (χ2v) is 3.01. The monoisotopic (exact) mass is 155 g/mol. The smallest absolute Gasteiger partial charge is 0.137 e. The van der Waals surface area contributed by atoms with Gasteiger partial charge in [-0.2, -0.15) is 5.10 Å². The topological polar surface area (TPSA) is 30.7 Å². The summed E-state index contributed by atoms with van der Waals surface area (Å²) >= 11 is 0. The van der Waals surface area contributed by atoms with Crippen LogP contribution < -0.4 is 0 Å². The van der Waals surface area contributed by atoms with E-state index in [9.17, 15) is 0 Å². The van der Waals surface area contributed by atoms with Crippen LogP contribution in [0.5, 0.6) is 0 Å². The van der Waals surface area contributed by atoms with Crippen LogP contribution in [0.25, 0.3) is 0 Å². The third-order valence-electron chi connectivity index (χ3n) is 1.11. The second kappa shape index (κ2) is 4.11. The van der Waals surface area contributed by atoms with Crippen LogP contribution in [-0.4, -0.2) is 14.8 Å². The number of nitrogens with zero attached hydrogens (tertiary/aromatic N) is 3. The van der Waals surface area contributed by atoms with Crippen molar-refractivity contribution >= 4 is 0 Å². The first-order chi connectivity index (χ1) is 5.11. The van der Waals surface area contributed by atoms with Gasteiger partial charge in [-0.15, -0.1) is 0 Å². The molecule has 0 unspecified atom stereocenters. The van der Waals surface area contributed by atoms with E-state index in [1.54, 1.807) is 12.7 Å². The van der Waals surface area contributed by atoms with Crippen molar-refractivity contribution in [1.29, 1.82) is 0 Å². The van der Waals surface area contributed by atoms with E-state index in [1.807, 2.05) is 18.5 Å². The van der Waals surface area contributed by atoms with Gasteiger partial charge in [0.25, 0.3) is 0 Å². The standard InChI is InChI=1S/C6H11N3.C2H6/c1-6(2,3)9-5-7-4-8-9;1-2/h4-5H,1-3H3;1-2H3. The Balaban J connectivity index is 0.000000461. The lowest BCUT2D eigenvalue weighted by molar-refractivity contribution is 0.354. The molecule has 0 saturated heterocycles. The van der Waals surface area contributed by atoms with Crippen LogP contribution in [0.15, 0.2) is 12.7 Å². The third kappa shape index (κ3) is 3.16. The maximum atomic E-state index is 3.99. The second-order valence-electron chi connectivity index (χ2n) is 3.01. The highest BCUT2D eigenvalue weighted by atomic mass is 15.3. The Morgan fingerprint density at radius 1 is 1.18 bits per heavy atom. The van der Waals surface area contributed by atoms with Crippen LogP contribution in [0, 0.1) is 0 Å². The van der Waals surface area contributed by atoms with Crippen molar-refractivity contribution in [2.45, 2.75) is 40.2 Å². The number of hydrogen-bond acceptors (Lipinski definition) is 2. The number of rotatable bonds is 0. The van der Waals surface area contributed by atoms with Gasteiger partial charge < -0.3 is 0 Å². The van der Waals surface area contributed by atoms with Crippen molar-refractivity contribution in [2.24, 2.45) is 0 Å². The molecular formula is C8H17N3. The summed E-state index contributed by atoms with van der Waals surface area (Å²) in [7, 11) is 0. The van der Waals surface area contributed by atoms with Crippen LogP contribution in [0.3, 0.4) is 0 Å². The zero-order valence-electron chi connectivity index (χ0n) is 8.00. The normalized spacial score (nSPS) is 10.3.